The van der Waals surface area contributed by atoms with Crippen molar-refractivity contribution in [2.45, 2.75) is 57.7 Å². The van der Waals surface area contributed by atoms with Crippen LogP contribution < -0.4 is 0 Å². The number of aryl methyl sites for hydroxylation is 2. The maximum absolute atomic E-state index is 14.5. The molecule has 3 heterocycles. The Bertz CT molecular complexity index is 916. The van der Waals surface area contributed by atoms with Gasteiger partial charge in [-0.15, -0.1) is 0 Å². The third-order valence-corrected chi connectivity index (χ3v) is 7.09. The Balaban J connectivity index is 1.47. The minimum absolute atomic E-state index is 0.144. The molecule has 7 heteroatoms. The Morgan fingerprint density at radius 1 is 1.25 bits per heavy atom. The Morgan fingerprint density at radius 3 is 2.62 bits per heavy atom. The van der Waals surface area contributed by atoms with Crippen LogP contribution in [-0.4, -0.2) is 64.4 Å². The van der Waals surface area contributed by atoms with Gasteiger partial charge in [-0.2, -0.15) is 5.10 Å². The zero-order valence-corrected chi connectivity index (χ0v) is 19.5. The van der Waals surface area contributed by atoms with E-state index in [-0.39, 0.29) is 23.9 Å². The largest absolute Gasteiger partial charge is 0.368 e. The van der Waals surface area contributed by atoms with Crippen LogP contribution in [0.25, 0.3) is 0 Å². The predicted molar refractivity (Wildman–Crippen MR) is 122 cm³/mol. The van der Waals surface area contributed by atoms with Gasteiger partial charge < -0.3 is 9.64 Å². The molecule has 4 rings (SSSR count). The molecule has 2 saturated heterocycles. The lowest BCUT2D eigenvalue weighted by Gasteiger charge is -2.40. The number of likely N-dealkylation sites (tertiary alicyclic amines) is 1. The number of piperidine rings is 1. The number of amides is 1. The molecular formula is C25H35FN4O2. The summed E-state index contributed by atoms with van der Waals surface area (Å²) in [6.45, 7) is 4.99. The van der Waals surface area contributed by atoms with E-state index < -0.39 is 0 Å². The molecule has 0 N–H and O–H groups in total. The summed E-state index contributed by atoms with van der Waals surface area (Å²) in [5, 5.41) is 4.48. The summed E-state index contributed by atoms with van der Waals surface area (Å²) in [6.07, 6.45) is 6.12. The lowest BCUT2D eigenvalue weighted by atomic mass is 9.84. The van der Waals surface area contributed by atoms with Crippen molar-refractivity contribution in [2.75, 3.05) is 26.7 Å². The Kier molecular flexibility index (Phi) is 7.26. The molecule has 2 unspecified atom stereocenters. The number of rotatable bonds is 7. The third-order valence-electron chi connectivity index (χ3n) is 7.09. The number of aromatic nitrogens is 2. The first kappa shape index (κ1) is 22.9. The first-order chi connectivity index (χ1) is 15.4. The van der Waals surface area contributed by atoms with Gasteiger partial charge in [-0.25, -0.2) is 4.39 Å². The van der Waals surface area contributed by atoms with E-state index in [0.717, 1.165) is 56.6 Å². The molecule has 0 saturated carbocycles. The molecule has 174 valence electrons. The van der Waals surface area contributed by atoms with Crippen molar-refractivity contribution < 1.29 is 13.9 Å². The monoisotopic (exact) mass is 442 g/mol. The summed E-state index contributed by atoms with van der Waals surface area (Å²) in [5.74, 6) is 0.394. The zero-order valence-electron chi connectivity index (χ0n) is 19.5. The third kappa shape index (κ3) is 5.21. The fourth-order valence-corrected chi connectivity index (χ4v) is 5.24. The van der Waals surface area contributed by atoms with Crippen LogP contribution >= 0.6 is 0 Å². The zero-order chi connectivity index (χ0) is 22.7. The normalized spacial score (nSPS) is 20.8. The smallest absolute Gasteiger partial charge is 0.251 e. The molecule has 2 aliphatic rings. The van der Waals surface area contributed by atoms with E-state index in [9.17, 15) is 9.18 Å². The van der Waals surface area contributed by atoms with E-state index in [2.05, 4.69) is 23.2 Å². The van der Waals surface area contributed by atoms with Gasteiger partial charge in [0.2, 0.25) is 0 Å². The second-order valence-electron chi connectivity index (χ2n) is 9.36. The number of ether oxygens (including phenoxy) is 1. The van der Waals surface area contributed by atoms with Gasteiger partial charge in [0.1, 0.15) is 11.9 Å². The minimum Gasteiger partial charge on any atom is -0.368 e. The standard InChI is InChI=1S/C25H35FN4O2/c1-18-21(17-29(3)27-18)16-28(2)23(15-20-7-4-5-8-22(20)26)19-10-12-30(13-11-19)25(31)24-9-6-14-32-24/h4-5,7-8,17,19,23-24H,6,9-16H2,1-3H3. The van der Waals surface area contributed by atoms with Crippen LogP contribution in [0.2, 0.25) is 0 Å². The van der Waals surface area contributed by atoms with Gasteiger partial charge in [-0.3, -0.25) is 14.4 Å². The molecule has 1 aromatic heterocycles. The van der Waals surface area contributed by atoms with Gasteiger partial charge in [-0.05, 0) is 63.6 Å². The van der Waals surface area contributed by atoms with Crippen molar-refractivity contribution in [1.29, 1.82) is 0 Å². The van der Waals surface area contributed by atoms with Gasteiger partial charge in [0, 0.05) is 51.1 Å². The van der Waals surface area contributed by atoms with Crippen LogP contribution in [0, 0.1) is 18.7 Å². The molecule has 6 nitrogen and oxygen atoms in total. The molecule has 2 fully saturated rings. The van der Waals surface area contributed by atoms with E-state index in [1.807, 2.05) is 35.7 Å². The van der Waals surface area contributed by atoms with E-state index >= 15 is 0 Å². The SMILES string of the molecule is Cc1nn(C)cc1CN(C)C(Cc1ccccc1F)C1CCN(C(=O)C2CCCO2)CC1. The average Bonchev–Trinajstić information content (AvgIpc) is 3.42. The molecule has 0 spiro atoms. The number of hydrogen-bond acceptors (Lipinski definition) is 4. The summed E-state index contributed by atoms with van der Waals surface area (Å²) < 4.78 is 22.0. The van der Waals surface area contributed by atoms with Crippen molar-refractivity contribution >= 4 is 5.91 Å². The van der Waals surface area contributed by atoms with Crippen molar-refractivity contribution in [3.8, 4) is 0 Å². The Labute approximate surface area is 190 Å². The van der Waals surface area contributed by atoms with Gasteiger partial charge in [0.25, 0.3) is 5.91 Å². The van der Waals surface area contributed by atoms with Crippen LogP contribution in [-0.2, 0) is 29.5 Å². The van der Waals surface area contributed by atoms with Gasteiger partial charge in [-0.1, -0.05) is 18.2 Å². The van der Waals surface area contributed by atoms with E-state index in [1.165, 1.54) is 5.56 Å². The number of likely N-dealkylation sites (N-methyl/N-ethyl adjacent to an activating group) is 1. The number of halogens is 1. The van der Waals surface area contributed by atoms with Crippen LogP contribution in [0.3, 0.4) is 0 Å². The summed E-state index contributed by atoms with van der Waals surface area (Å²) in [6, 6.07) is 7.27. The Hall–Kier alpha value is -2.25. The highest BCUT2D eigenvalue weighted by atomic mass is 19.1. The first-order valence-corrected chi connectivity index (χ1v) is 11.8. The quantitative estimate of drug-likeness (QED) is 0.660. The van der Waals surface area contributed by atoms with Gasteiger partial charge >= 0.3 is 0 Å². The fraction of sp³-hybridized carbons (Fsp3) is 0.600. The number of nitrogens with zero attached hydrogens (tertiary/aromatic N) is 4. The van der Waals surface area contributed by atoms with Crippen LogP contribution in [0.4, 0.5) is 4.39 Å². The molecule has 1 aromatic carbocycles. The lowest BCUT2D eigenvalue weighted by Crippen LogP contribution is -2.48. The molecule has 1 amide bonds. The summed E-state index contributed by atoms with van der Waals surface area (Å²) in [4.78, 5) is 17.1. The van der Waals surface area contributed by atoms with Crippen molar-refractivity contribution in [3.05, 3.63) is 53.1 Å². The second-order valence-corrected chi connectivity index (χ2v) is 9.36. The molecule has 0 aliphatic carbocycles. The summed E-state index contributed by atoms with van der Waals surface area (Å²) in [5.41, 5.74) is 2.98. The molecule has 2 aromatic rings. The van der Waals surface area contributed by atoms with Gasteiger partial charge in [0.05, 0.1) is 5.69 Å². The highest BCUT2D eigenvalue weighted by Crippen LogP contribution is 2.29. The van der Waals surface area contributed by atoms with E-state index in [0.29, 0.717) is 18.9 Å². The minimum atomic E-state index is -0.253. The fourth-order valence-electron chi connectivity index (χ4n) is 5.24. The van der Waals surface area contributed by atoms with Crippen LogP contribution in [0.15, 0.2) is 30.5 Å². The lowest BCUT2D eigenvalue weighted by molar-refractivity contribution is -0.142. The Morgan fingerprint density at radius 2 is 2.00 bits per heavy atom. The van der Waals surface area contributed by atoms with Crippen LogP contribution in [0.1, 0.15) is 42.5 Å². The van der Waals surface area contributed by atoms with Crippen molar-refractivity contribution in [2.24, 2.45) is 13.0 Å². The molecular weight excluding hydrogens is 407 g/mol. The number of carbonyl (C=O) groups is 1. The van der Waals surface area contributed by atoms with E-state index in [1.54, 1.807) is 12.1 Å². The van der Waals surface area contributed by atoms with Crippen molar-refractivity contribution in [1.82, 2.24) is 19.6 Å². The number of carbonyl (C=O) groups excluding carboxylic acids is 1. The number of hydrogen-bond donors (Lipinski definition) is 0. The summed E-state index contributed by atoms with van der Waals surface area (Å²) in [7, 11) is 4.07. The van der Waals surface area contributed by atoms with E-state index in [4.69, 9.17) is 4.74 Å². The molecule has 32 heavy (non-hydrogen) atoms. The second kappa shape index (κ2) is 10.1. The molecule has 2 aliphatic heterocycles. The average molecular weight is 443 g/mol. The molecule has 0 bridgehead atoms. The highest BCUT2D eigenvalue weighted by Gasteiger charge is 2.34. The van der Waals surface area contributed by atoms with Gasteiger partial charge in [0.15, 0.2) is 0 Å². The summed E-state index contributed by atoms with van der Waals surface area (Å²) >= 11 is 0. The highest BCUT2D eigenvalue weighted by molar-refractivity contribution is 5.81. The topological polar surface area (TPSA) is 50.6 Å². The van der Waals surface area contributed by atoms with Crippen LogP contribution in [0.5, 0.6) is 0 Å². The molecule has 2 atom stereocenters. The first-order valence-electron chi connectivity index (χ1n) is 11.8. The maximum Gasteiger partial charge on any atom is 0.251 e. The predicted octanol–water partition coefficient (Wildman–Crippen LogP) is 3.33. The maximum atomic E-state index is 14.5. The van der Waals surface area contributed by atoms with Crippen molar-refractivity contribution in [3.63, 3.8) is 0 Å². The number of benzene rings is 1. The molecule has 0 radical (unpaired) electrons.